The molecule has 9 heteroatoms. The second kappa shape index (κ2) is 7.93. The van der Waals surface area contributed by atoms with Gasteiger partial charge in [-0.15, -0.1) is 11.3 Å². The van der Waals surface area contributed by atoms with Crippen LogP contribution in [0.15, 0.2) is 21.7 Å². The molecule has 0 spiro atoms. The van der Waals surface area contributed by atoms with E-state index in [0.29, 0.717) is 43.5 Å². The summed E-state index contributed by atoms with van der Waals surface area (Å²) in [5.41, 5.74) is 0. The summed E-state index contributed by atoms with van der Waals surface area (Å²) < 4.78 is 32.8. The quantitative estimate of drug-likeness (QED) is 0.755. The molecule has 2 saturated heterocycles. The molecular formula is C17H27N3O4S2. The summed E-state index contributed by atoms with van der Waals surface area (Å²) in [6, 6.07) is 3.14. The molecule has 2 fully saturated rings. The number of piperazine rings is 1. The summed E-state index contributed by atoms with van der Waals surface area (Å²) in [6.45, 7) is 9.04. The van der Waals surface area contributed by atoms with E-state index in [1.165, 1.54) is 15.6 Å². The number of hydrogen-bond acceptors (Lipinski definition) is 6. The molecule has 1 aromatic heterocycles. The minimum Gasteiger partial charge on any atom is -0.372 e. The van der Waals surface area contributed by atoms with E-state index in [9.17, 15) is 13.2 Å². The van der Waals surface area contributed by atoms with Gasteiger partial charge < -0.3 is 9.64 Å². The number of hydrogen-bond donors (Lipinski definition) is 0. The van der Waals surface area contributed by atoms with Gasteiger partial charge in [0.05, 0.1) is 18.2 Å². The molecule has 26 heavy (non-hydrogen) atoms. The Morgan fingerprint density at radius 2 is 1.81 bits per heavy atom. The van der Waals surface area contributed by atoms with Crippen LogP contribution in [0.2, 0.25) is 0 Å². The number of ether oxygens (including phenoxy) is 1. The van der Waals surface area contributed by atoms with Gasteiger partial charge in [0.2, 0.25) is 5.91 Å². The van der Waals surface area contributed by atoms with E-state index in [1.54, 1.807) is 17.5 Å². The SMILES string of the molecule is C[C@@H]1CN(C(=O)[C@@H](C)N2CCN(S(=O)(=O)c3cccs3)CC2)C[C@H](C)O1. The number of rotatable bonds is 4. The van der Waals surface area contributed by atoms with Crippen LogP contribution in [0.5, 0.6) is 0 Å². The number of morpholine rings is 1. The number of sulfonamides is 1. The van der Waals surface area contributed by atoms with Crippen LogP contribution in [0.1, 0.15) is 20.8 Å². The third-order valence-corrected chi connectivity index (χ3v) is 8.27. The Labute approximate surface area is 159 Å². The molecular weight excluding hydrogens is 374 g/mol. The van der Waals surface area contributed by atoms with Crippen LogP contribution in [0.3, 0.4) is 0 Å². The van der Waals surface area contributed by atoms with Crippen molar-refractivity contribution < 1.29 is 17.9 Å². The van der Waals surface area contributed by atoms with Crippen molar-refractivity contribution in [2.75, 3.05) is 39.3 Å². The molecule has 2 aliphatic heterocycles. The first-order chi connectivity index (χ1) is 12.3. The first-order valence-electron chi connectivity index (χ1n) is 9.01. The van der Waals surface area contributed by atoms with Gasteiger partial charge in [0.1, 0.15) is 4.21 Å². The first-order valence-corrected chi connectivity index (χ1v) is 11.3. The van der Waals surface area contributed by atoms with Gasteiger partial charge in [-0.1, -0.05) is 6.07 Å². The van der Waals surface area contributed by atoms with Gasteiger partial charge in [0.25, 0.3) is 10.0 Å². The van der Waals surface area contributed by atoms with Crippen LogP contribution in [0, 0.1) is 0 Å². The molecule has 3 heterocycles. The molecule has 3 atom stereocenters. The van der Waals surface area contributed by atoms with Crippen molar-refractivity contribution in [3.05, 3.63) is 17.5 Å². The molecule has 0 aliphatic carbocycles. The van der Waals surface area contributed by atoms with Crippen molar-refractivity contribution in [1.82, 2.24) is 14.1 Å². The van der Waals surface area contributed by atoms with E-state index in [-0.39, 0.29) is 24.2 Å². The van der Waals surface area contributed by atoms with Gasteiger partial charge >= 0.3 is 0 Å². The number of thiophene rings is 1. The minimum atomic E-state index is -3.41. The monoisotopic (exact) mass is 401 g/mol. The van der Waals surface area contributed by atoms with Gasteiger partial charge in [-0.3, -0.25) is 9.69 Å². The van der Waals surface area contributed by atoms with Crippen LogP contribution in [-0.4, -0.2) is 85.9 Å². The molecule has 1 aromatic rings. The second-order valence-corrected chi connectivity index (χ2v) is 10.2. The number of amides is 1. The van der Waals surface area contributed by atoms with Gasteiger partial charge in [0.15, 0.2) is 0 Å². The Morgan fingerprint density at radius 3 is 2.35 bits per heavy atom. The predicted molar refractivity (Wildman–Crippen MR) is 101 cm³/mol. The van der Waals surface area contributed by atoms with Crippen LogP contribution in [-0.2, 0) is 19.6 Å². The molecule has 0 unspecified atom stereocenters. The Morgan fingerprint density at radius 1 is 1.19 bits per heavy atom. The van der Waals surface area contributed by atoms with E-state index >= 15 is 0 Å². The summed E-state index contributed by atoms with van der Waals surface area (Å²) in [4.78, 5) is 16.8. The lowest BCUT2D eigenvalue weighted by molar-refractivity contribution is -0.148. The molecule has 7 nitrogen and oxygen atoms in total. The van der Waals surface area contributed by atoms with E-state index in [4.69, 9.17) is 4.74 Å². The lowest BCUT2D eigenvalue weighted by Gasteiger charge is -2.41. The standard InChI is InChI=1S/C17H27N3O4S2/c1-13-11-19(12-14(2)24-13)17(21)15(3)18-6-8-20(9-7-18)26(22,23)16-5-4-10-25-16/h4-5,10,13-15H,6-9,11-12H2,1-3H3/t13-,14+,15-/m1/s1. The lowest BCUT2D eigenvalue weighted by atomic mass is 10.1. The normalized spacial score (nSPS) is 27.4. The molecule has 3 rings (SSSR count). The number of nitrogens with zero attached hydrogens (tertiary/aromatic N) is 3. The molecule has 0 radical (unpaired) electrons. The summed E-state index contributed by atoms with van der Waals surface area (Å²) in [6.07, 6.45) is 0.0883. The zero-order valence-electron chi connectivity index (χ0n) is 15.5. The van der Waals surface area contributed by atoms with Gasteiger partial charge in [0, 0.05) is 39.3 Å². The van der Waals surface area contributed by atoms with Crippen molar-refractivity contribution in [3.63, 3.8) is 0 Å². The lowest BCUT2D eigenvalue weighted by Crippen LogP contribution is -2.58. The molecule has 0 aromatic carbocycles. The molecule has 146 valence electrons. The first kappa shape index (κ1) is 19.8. The molecule has 0 N–H and O–H groups in total. The summed E-state index contributed by atoms with van der Waals surface area (Å²) in [5, 5.41) is 1.77. The Bertz CT molecular complexity index is 704. The summed E-state index contributed by atoms with van der Waals surface area (Å²) in [5.74, 6) is 0.0987. The fourth-order valence-electron chi connectivity index (χ4n) is 3.65. The highest BCUT2D eigenvalue weighted by molar-refractivity contribution is 7.91. The van der Waals surface area contributed by atoms with Gasteiger partial charge in [-0.05, 0) is 32.2 Å². The maximum Gasteiger partial charge on any atom is 0.252 e. The van der Waals surface area contributed by atoms with Crippen molar-refractivity contribution in [3.8, 4) is 0 Å². The summed E-state index contributed by atoms with van der Waals surface area (Å²) >= 11 is 1.24. The van der Waals surface area contributed by atoms with Crippen LogP contribution in [0.4, 0.5) is 0 Å². The number of carbonyl (C=O) groups excluding carboxylic acids is 1. The van der Waals surface area contributed by atoms with E-state index < -0.39 is 10.0 Å². The maximum absolute atomic E-state index is 12.9. The second-order valence-electron chi connectivity index (χ2n) is 7.05. The highest BCUT2D eigenvalue weighted by Crippen LogP contribution is 2.23. The summed E-state index contributed by atoms with van der Waals surface area (Å²) in [7, 11) is -3.41. The van der Waals surface area contributed by atoms with Crippen LogP contribution < -0.4 is 0 Å². The van der Waals surface area contributed by atoms with E-state index in [1.807, 2.05) is 25.7 Å². The topological polar surface area (TPSA) is 70.2 Å². The zero-order valence-corrected chi connectivity index (χ0v) is 17.1. The molecule has 0 saturated carbocycles. The number of carbonyl (C=O) groups is 1. The smallest absolute Gasteiger partial charge is 0.252 e. The average Bonchev–Trinajstić information content (AvgIpc) is 3.15. The van der Waals surface area contributed by atoms with E-state index in [0.717, 1.165) is 0 Å². The van der Waals surface area contributed by atoms with Gasteiger partial charge in [-0.25, -0.2) is 8.42 Å². The average molecular weight is 402 g/mol. The Balaban J connectivity index is 1.58. The fraction of sp³-hybridized carbons (Fsp3) is 0.706. The van der Waals surface area contributed by atoms with Crippen molar-refractivity contribution >= 4 is 27.3 Å². The highest BCUT2D eigenvalue weighted by Gasteiger charge is 2.35. The molecule has 1 amide bonds. The zero-order chi connectivity index (χ0) is 18.9. The van der Waals surface area contributed by atoms with Crippen LogP contribution >= 0.6 is 11.3 Å². The molecule has 0 bridgehead atoms. The minimum absolute atomic E-state index is 0.0442. The predicted octanol–water partition coefficient (Wildman–Crippen LogP) is 1.08. The largest absolute Gasteiger partial charge is 0.372 e. The molecule has 2 aliphatic rings. The Hall–Kier alpha value is -1.00. The van der Waals surface area contributed by atoms with E-state index in [2.05, 4.69) is 4.90 Å². The third kappa shape index (κ3) is 4.12. The Kier molecular flexibility index (Phi) is 6.03. The van der Waals surface area contributed by atoms with Crippen LogP contribution in [0.25, 0.3) is 0 Å². The fourth-order valence-corrected chi connectivity index (χ4v) is 6.21. The van der Waals surface area contributed by atoms with Gasteiger partial charge in [-0.2, -0.15) is 4.31 Å². The van der Waals surface area contributed by atoms with Crippen molar-refractivity contribution in [1.29, 1.82) is 0 Å². The maximum atomic E-state index is 12.9. The van der Waals surface area contributed by atoms with Crippen molar-refractivity contribution in [2.45, 2.75) is 43.2 Å². The van der Waals surface area contributed by atoms with Crippen molar-refractivity contribution in [2.24, 2.45) is 0 Å². The highest BCUT2D eigenvalue weighted by atomic mass is 32.2. The third-order valence-electron chi connectivity index (χ3n) is 5.00.